The van der Waals surface area contributed by atoms with Crippen molar-refractivity contribution < 1.29 is 20.2 Å². The topological polar surface area (TPSA) is 47.9 Å². The molecule has 0 fully saturated rings. The number of rotatable bonds is 15. The van der Waals surface area contributed by atoms with Crippen molar-refractivity contribution in [1.82, 2.24) is 0 Å². The van der Waals surface area contributed by atoms with Crippen LogP contribution in [0.4, 0.5) is 0 Å². The summed E-state index contributed by atoms with van der Waals surface area (Å²) in [4.78, 5) is 4.53. The van der Waals surface area contributed by atoms with Crippen LogP contribution in [0.2, 0.25) is 0 Å². The van der Waals surface area contributed by atoms with Crippen LogP contribution < -0.4 is 0 Å². The van der Waals surface area contributed by atoms with E-state index in [9.17, 15) is 0 Å². The SMILES string of the molecule is CCC(CC)(CC)CCCCCCCCCOOOO. The van der Waals surface area contributed by atoms with Gasteiger partial charge in [-0.05, 0) is 28.3 Å². The molecule has 0 aromatic heterocycles. The zero-order chi connectivity index (χ0) is 15.1. The van der Waals surface area contributed by atoms with Crippen molar-refractivity contribution >= 4 is 0 Å². The van der Waals surface area contributed by atoms with Crippen LogP contribution in [-0.2, 0) is 15.0 Å². The lowest BCUT2D eigenvalue weighted by molar-refractivity contribution is -0.623. The van der Waals surface area contributed by atoms with E-state index in [1.165, 1.54) is 57.8 Å². The van der Waals surface area contributed by atoms with Crippen LogP contribution in [0.5, 0.6) is 0 Å². The minimum absolute atomic E-state index is 0.465. The Labute approximate surface area is 124 Å². The molecule has 0 aromatic carbocycles. The van der Waals surface area contributed by atoms with Gasteiger partial charge in [-0.1, -0.05) is 78.6 Å². The van der Waals surface area contributed by atoms with Crippen LogP contribution in [0.3, 0.4) is 0 Å². The Morgan fingerprint density at radius 3 is 1.75 bits per heavy atom. The van der Waals surface area contributed by atoms with E-state index in [2.05, 4.69) is 35.7 Å². The molecule has 0 radical (unpaired) electrons. The molecule has 0 unspecified atom stereocenters. The minimum atomic E-state index is 0.465. The molecular weight excluding hydrogens is 256 g/mol. The fourth-order valence-corrected chi connectivity index (χ4v) is 2.88. The summed E-state index contributed by atoms with van der Waals surface area (Å²) in [6.45, 7) is 7.47. The molecule has 0 rings (SSSR count). The van der Waals surface area contributed by atoms with Crippen LogP contribution in [-0.4, -0.2) is 11.9 Å². The lowest BCUT2D eigenvalue weighted by atomic mass is 9.75. The monoisotopic (exact) mass is 290 g/mol. The van der Waals surface area contributed by atoms with Gasteiger partial charge in [0.2, 0.25) is 0 Å². The molecule has 0 saturated carbocycles. The average molecular weight is 290 g/mol. The van der Waals surface area contributed by atoms with Gasteiger partial charge in [0.05, 0.1) is 6.61 Å². The van der Waals surface area contributed by atoms with E-state index >= 15 is 0 Å². The largest absolute Gasteiger partial charge is 0.219 e. The highest BCUT2D eigenvalue weighted by atomic mass is 17.6. The first-order valence-corrected chi connectivity index (χ1v) is 8.34. The molecule has 0 aromatic rings. The second-order valence-corrected chi connectivity index (χ2v) is 5.75. The highest BCUT2D eigenvalue weighted by molar-refractivity contribution is 4.74. The van der Waals surface area contributed by atoms with Crippen LogP contribution >= 0.6 is 0 Å². The van der Waals surface area contributed by atoms with Crippen molar-refractivity contribution in [2.45, 2.75) is 91.4 Å². The summed E-state index contributed by atoms with van der Waals surface area (Å²) in [6.07, 6.45) is 14.0. The van der Waals surface area contributed by atoms with Gasteiger partial charge in [0, 0.05) is 0 Å². The summed E-state index contributed by atoms with van der Waals surface area (Å²) in [7, 11) is 0. The van der Waals surface area contributed by atoms with Crippen molar-refractivity contribution in [2.75, 3.05) is 6.61 Å². The first-order chi connectivity index (χ1) is 9.74. The predicted octanol–water partition coefficient (Wildman–Crippen LogP) is 5.68. The van der Waals surface area contributed by atoms with Gasteiger partial charge in [-0.15, -0.1) is 0 Å². The molecule has 0 heterocycles. The minimum Gasteiger partial charge on any atom is -0.219 e. The third kappa shape index (κ3) is 9.70. The van der Waals surface area contributed by atoms with Crippen molar-refractivity contribution in [1.29, 1.82) is 0 Å². The fourth-order valence-electron chi connectivity index (χ4n) is 2.88. The Morgan fingerprint density at radius 2 is 1.25 bits per heavy atom. The molecule has 1 N–H and O–H groups in total. The van der Waals surface area contributed by atoms with E-state index in [1.54, 1.807) is 0 Å². The average Bonchev–Trinajstić information content (AvgIpc) is 2.49. The Balaban J connectivity index is 3.32. The summed E-state index contributed by atoms with van der Waals surface area (Å²) in [5, 5.41) is 15.1. The quantitative estimate of drug-likeness (QED) is 0.239. The standard InChI is InChI=1S/C16H34O4/c1-4-16(5-2,6-3)14-12-10-8-7-9-11-13-15-18-20-19-17/h17H,4-15H2,1-3H3. The lowest BCUT2D eigenvalue weighted by Crippen LogP contribution is -2.17. The summed E-state index contributed by atoms with van der Waals surface area (Å²) >= 11 is 0. The number of hydrogen-bond donors (Lipinski definition) is 1. The molecule has 0 atom stereocenters. The van der Waals surface area contributed by atoms with E-state index < -0.39 is 0 Å². The van der Waals surface area contributed by atoms with Gasteiger partial charge in [0.25, 0.3) is 0 Å². The maximum atomic E-state index is 7.85. The first kappa shape index (κ1) is 19.8. The fraction of sp³-hybridized carbons (Fsp3) is 1.00. The van der Waals surface area contributed by atoms with E-state index in [1.807, 2.05) is 0 Å². The van der Waals surface area contributed by atoms with Crippen molar-refractivity contribution in [3.05, 3.63) is 0 Å². The molecule has 0 saturated heterocycles. The number of unbranched alkanes of at least 4 members (excludes halogenated alkanes) is 6. The molecule has 20 heavy (non-hydrogen) atoms. The second-order valence-electron chi connectivity index (χ2n) is 5.75. The highest BCUT2D eigenvalue weighted by Gasteiger charge is 2.22. The molecule has 4 heteroatoms. The van der Waals surface area contributed by atoms with Crippen molar-refractivity contribution in [2.24, 2.45) is 5.41 Å². The first-order valence-electron chi connectivity index (χ1n) is 8.34. The van der Waals surface area contributed by atoms with Gasteiger partial charge >= 0.3 is 0 Å². The predicted molar refractivity (Wildman–Crippen MR) is 81.0 cm³/mol. The van der Waals surface area contributed by atoms with Crippen LogP contribution in [0, 0.1) is 5.41 Å². The van der Waals surface area contributed by atoms with E-state index in [-0.39, 0.29) is 0 Å². The summed E-state index contributed by atoms with van der Waals surface area (Å²) in [6, 6.07) is 0. The normalized spacial score (nSPS) is 12.0. The lowest BCUT2D eigenvalue weighted by Gasteiger charge is -2.30. The van der Waals surface area contributed by atoms with E-state index in [0.29, 0.717) is 12.0 Å². The van der Waals surface area contributed by atoms with Gasteiger partial charge in [-0.2, -0.15) is 0 Å². The molecule has 0 amide bonds. The van der Waals surface area contributed by atoms with Gasteiger partial charge < -0.3 is 0 Å². The van der Waals surface area contributed by atoms with Crippen molar-refractivity contribution in [3.8, 4) is 0 Å². The molecule has 122 valence electrons. The van der Waals surface area contributed by atoms with Gasteiger partial charge in [0.15, 0.2) is 0 Å². The third-order valence-electron chi connectivity index (χ3n) is 4.76. The van der Waals surface area contributed by atoms with E-state index in [4.69, 9.17) is 5.26 Å². The molecule has 0 spiro atoms. The molecule has 0 aliphatic heterocycles. The highest BCUT2D eigenvalue weighted by Crippen LogP contribution is 2.36. The Kier molecular flexibility index (Phi) is 13.7. The smallest absolute Gasteiger partial charge is 0.0854 e. The van der Waals surface area contributed by atoms with Gasteiger partial charge in [-0.3, -0.25) is 0 Å². The Hall–Kier alpha value is -0.160. The van der Waals surface area contributed by atoms with Gasteiger partial charge in [-0.25, -0.2) is 10.1 Å². The summed E-state index contributed by atoms with van der Waals surface area (Å²) < 4.78 is 0. The number of hydrogen-bond acceptors (Lipinski definition) is 4. The van der Waals surface area contributed by atoms with Crippen molar-refractivity contribution in [3.63, 3.8) is 0 Å². The molecule has 4 nitrogen and oxygen atoms in total. The van der Waals surface area contributed by atoms with E-state index in [0.717, 1.165) is 12.8 Å². The maximum absolute atomic E-state index is 7.85. The summed E-state index contributed by atoms with van der Waals surface area (Å²) in [5.41, 5.74) is 0.603. The third-order valence-corrected chi connectivity index (χ3v) is 4.76. The Bertz CT molecular complexity index is 185. The molecule has 0 aliphatic carbocycles. The maximum Gasteiger partial charge on any atom is 0.0854 e. The van der Waals surface area contributed by atoms with Crippen LogP contribution in [0.1, 0.15) is 91.4 Å². The summed E-state index contributed by atoms with van der Waals surface area (Å²) in [5.74, 6) is 0. The van der Waals surface area contributed by atoms with Crippen LogP contribution in [0.25, 0.3) is 0 Å². The Morgan fingerprint density at radius 1 is 0.750 bits per heavy atom. The second kappa shape index (κ2) is 13.8. The van der Waals surface area contributed by atoms with Gasteiger partial charge in [0.1, 0.15) is 0 Å². The molecule has 0 bridgehead atoms. The molecular formula is C16H34O4. The zero-order valence-corrected chi connectivity index (χ0v) is 13.7. The zero-order valence-electron chi connectivity index (χ0n) is 13.7. The van der Waals surface area contributed by atoms with Crippen LogP contribution in [0.15, 0.2) is 0 Å². The molecule has 0 aliphatic rings.